The summed E-state index contributed by atoms with van der Waals surface area (Å²) in [4.78, 5) is 0. The topological polar surface area (TPSA) is 54.9 Å². The van der Waals surface area contributed by atoms with Gasteiger partial charge in [0.15, 0.2) is 16.6 Å². The molecule has 25 heavy (non-hydrogen) atoms. The summed E-state index contributed by atoms with van der Waals surface area (Å²) in [5, 5.41) is 7.53. The zero-order valence-corrected chi connectivity index (χ0v) is 16.5. The maximum absolute atomic E-state index is 5.85. The second-order valence-electron chi connectivity index (χ2n) is 5.05. The number of hydrazone groups is 1. The lowest BCUT2D eigenvalue weighted by atomic mass is 10.2. The molecule has 0 saturated carbocycles. The zero-order valence-electron chi connectivity index (χ0n) is 14.1. The SMILES string of the molecule is CCNC(=S)N/N=C\c1ccc(OCc2ccc(Br)cc2)c(OC)c1. The average Bonchev–Trinajstić information content (AvgIpc) is 2.62. The van der Waals surface area contributed by atoms with Gasteiger partial charge in [-0.05, 0) is 60.6 Å². The fourth-order valence-electron chi connectivity index (χ4n) is 1.99. The summed E-state index contributed by atoms with van der Waals surface area (Å²) in [6.45, 7) is 3.19. The van der Waals surface area contributed by atoms with E-state index in [9.17, 15) is 0 Å². The van der Waals surface area contributed by atoms with Gasteiger partial charge in [0.2, 0.25) is 0 Å². The van der Waals surface area contributed by atoms with E-state index in [0.717, 1.165) is 22.1 Å². The molecule has 0 aromatic heterocycles. The predicted octanol–water partition coefficient (Wildman–Crippen LogP) is 3.85. The van der Waals surface area contributed by atoms with E-state index in [1.165, 1.54) is 0 Å². The van der Waals surface area contributed by atoms with Crippen LogP contribution in [0.2, 0.25) is 0 Å². The van der Waals surface area contributed by atoms with E-state index in [0.29, 0.717) is 23.2 Å². The van der Waals surface area contributed by atoms with Gasteiger partial charge in [-0.3, -0.25) is 5.43 Å². The zero-order chi connectivity index (χ0) is 18.1. The van der Waals surface area contributed by atoms with Crippen molar-refractivity contribution in [2.24, 2.45) is 5.10 Å². The van der Waals surface area contributed by atoms with Gasteiger partial charge in [-0.1, -0.05) is 28.1 Å². The predicted molar refractivity (Wildman–Crippen MR) is 108 cm³/mol. The van der Waals surface area contributed by atoms with Crippen molar-refractivity contribution in [2.45, 2.75) is 13.5 Å². The fraction of sp³-hybridized carbons (Fsp3) is 0.222. The molecule has 2 aromatic rings. The number of rotatable bonds is 7. The van der Waals surface area contributed by atoms with Crippen LogP contribution in [0.3, 0.4) is 0 Å². The highest BCUT2D eigenvalue weighted by Gasteiger charge is 2.06. The second-order valence-corrected chi connectivity index (χ2v) is 6.38. The normalized spacial score (nSPS) is 10.5. The molecule has 2 rings (SSSR count). The number of hydrogen-bond acceptors (Lipinski definition) is 4. The van der Waals surface area contributed by atoms with E-state index < -0.39 is 0 Å². The Hall–Kier alpha value is -2.12. The fourth-order valence-corrected chi connectivity index (χ4v) is 2.45. The van der Waals surface area contributed by atoms with E-state index in [1.807, 2.05) is 49.4 Å². The smallest absolute Gasteiger partial charge is 0.186 e. The summed E-state index contributed by atoms with van der Waals surface area (Å²) < 4.78 is 12.3. The molecule has 0 unspecified atom stereocenters. The number of hydrogen-bond donors (Lipinski definition) is 2. The molecule has 5 nitrogen and oxygen atoms in total. The number of halogens is 1. The molecule has 0 heterocycles. The first-order chi connectivity index (χ1) is 12.1. The molecule has 0 aliphatic heterocycles. The van der Waals surface area contributed by atoms with Crippen LogP contribution < -0.4 is 20.2 Å². The first-order valence-corrected chi connectivity index (χ1v) is 8.94. The third-order valence-corrected chi connectivity index (χ3v) is 3.98. The van der Waals surface area contributed by atoms with E-state index in [4.69, 9.17) is 21.7 Å². The Morgan fingerprint density at radius 1 is 1.20 bits per heavy atom. The van der Waals surface area contributed by atoms with Gasteiger partial charge in [0.1, 0.15) is 6.61 Å². The van der Waals surface area contributed by atoms with Gasteiger partial charge >= 0.3 is 0 Å². The van der Waals surface area contributed by atoms with Crippen molar-refractivity contribution >= 4 is 39.5 Å². The number of nitrogens with one attached hydrogen (secondary N) is 2. The molecule has 0 aliphatic carbocycles. The highest BCUT2D eigenvalue weighted by Crippen LogP contribution is 2.28. The van der Waals surface area contributed by atoms with E-state index in [2.05, 4.69) is 31.8 Å². The molecule has 7 heteroatoms. The monoisotopic (exact) mass is 421 g/mol. The summed E-state index contributed by atoms with van der Waals surface area (Å²) >= 11 is 8.46. The Kier molecular flexibility index (Phi) is 7.69. The molecule has 0 spiro atoms. The summed E-state index contributed by atoms with van der Waals surface area (Å²) in [7, 11) is 1.61. The van der Waals surface area contributed by atoms with E-state index >= 15 is 0 Å². The van der Waals surface area contributed by atoms with E-state index in [-0.39, 0.29) is 0 Å². The number of thiocarbonyl (C=S) groups is 1. The third kappa shape index (κ3) is 6.36. The highest BCUT2D eigenvalue weighted by atomic mass is 79.9. The molecule has 0 radical (unpaired) electrons. The van der Waals surface area contributed by atoms with Crippen molar-refractivity contribution in [3.63, 3.8) is 0 Å². The summed E-state index contributed by atoms with van der Waals surface area (Å²) in [6, 6.07) is 13.6. The molecule has 2 aromatic carbocycles. The number of methoxy groups -OCH3 is 1. The summed E-state index contributed by atoms with van der Waals surface area (Å²) in [6.07, 6.45) is 1.67. The number of benzene rings is 2. The number of nitrogens with zero attached hydrogens (tertiary/aromatic N) is 1. The van der Waals surface area contributed by atoms with Crippen LogP contribution in [-0.2, 0) is 6.61 Å². The lowest BCUT2D eigenvalue weighted by molar-refractivity contribution is 0.284. The van der Waals surface area contributed by atoms with Crippen molar-refractivity contribution in [3.8, 4) is 11.5 Å². The van der Waals surface area contributed by atoms with E-state index in [1.54, 1.807) is 13.3 Å². The van der Waals surface area contributed by atoms with Crippen LogP contribution in [0.4, 0.5) is 0 Å². The Morgan fingerprint density at radius 2 is 1.96 bits per heavy atom. The first-order valence-electron chi connectivity index (χ1n) is 7.74. The van der Waals surface area contributed by atoms with Gasteiger partial charge in [0, 0.05) is 11.0 Å². The molecule has 2 N–H and O–H groups in total. The van der Waals surface area contributed by atoms with Gasteiger partial charge in [0.25, 0.3) is 0 Å². The van der Waals surface area contributed by atoms with Crippen molar-refractivity contribution in [3.05, 3.63) is 58.1 Å². The number of ether oxygens (including phenoxy) is 2. The van der Waals surface area contributed by atoms with Crippen molar-refractivity contribution in [1.29, 1.82) is 0 Å². The Balaban J connectivity index is 1.99. The minimum atomic E-state index is 0.468. The van der Waals surface area contributed by atoms with Gasteiger partial charge in [-0.15, -0.1) is 0 Å². The lowest BCUT2D eigenvalue weighted by Crippen LogP contribution is -2.31. The van der Waals surface area contributed by atoms with Gasteiger partial charge in [-0.2, -0.15) is 5.10 Å². The van der Waals surface area contributed by atoms with Gasteiger partial charge in [0.05, 0.1) is 13.3 Å². The van der Waals surface area contributed by atoms with Crippen LogP contribution in [0.5, 0.6) is 11.5 Å². The van der Waals surface area contributed by atoms with Gasteiger partial charge in [-0.25, -0.2) is 0 Å². The first kappa shape index (κ1) is 19.2. The van der Waals surface area contributed by atoms with Crippen LogP contribution in [0.25, 0.3) is 0 Å². The van der Waals surface area contributed by atoms with Crippen molar-refractivity contribution < 1.29 is 9.47 Å². The van der Waals surface area contributed by atoms with Crippen LogP contribution in [0.15, 0.2) is 52.0 Å². The minimum absolute atomic E-state index is 0.468. The Labute approximate surface area is 161 Å². The third-order valence-electron chi connectivity index (χ3n) is 3.21. The van der Waals surface area contributed by atoms with Crippen LogP contribution in [-0.4, -0.2) is 25.0 Å². The maximum atomic E-state index is 5.85. The summed E-state index contributed by atoms with van der Waals surface area (Å²) in [5.74, 6) is 1.33. The standard InChI is InChI=1S/C18H20BrN3O2S/c1-3-20-18(25)22-21-11-14-6-9-16(17(10-14)23-2)24-12-13-4-7-15(19)8-5-13/h4-11H,3,12H2,1-2H3,(H2,20,22,25)/b21-11-. The lowest BCUT2D eigenvalue weighted by Gasteiger charge is -2.11. The highest BCUT2D eigenvalue weighted by molar-refractivity contribution is 9.10. The molecular formula is C18H20BrN3O2S. The Bertz CT molecular complexity index is 736. The summed E-state index contributed by atoms with van der Waals surface area (Å²) in [5.41, 5.74) is 4.70. The molecular weight excluding hydrogens is 402 g/mol. The van der Waals surface area contributed by atoms with Crippen molar-refractivity contribution in [1.82, 2.24) is 10.7 Å². The van der Waals surface area contributed by atoms with Crippen LogP contribution in [0, 0.1) is 0 Å². The maximum Gasteiger partial charge on any atom is 0.186 e. The molecule has 132 valence electrons. The molecule has 0 aliphatic rings. The van der Waals surface area contributed by atoms with Crippen LogP contribution in [0.1, 0.15) is 18.1 Å². The Morgan fingerprint density at radius 3 is 2.64 bits per heavy atom. The molecule has 0 bridgehead atoms. The largest absolute Gasteiger partial charge is 0.493 e. The molecule has 0 saturated heterocycles. The quantitative estimate of drug-likeness (QED) is 0.403. The molecule has 0 fully saturated rings. The molecule has 0 atom stereocenters. The second kappa shape index (κ2) is 10.0. The molecule has 0 amide bonds. The van der Waals surface area contributed by atoms with Gasteiger partial charge < -0.3 is 14.8 Å². The average molecular weight is 422 g/mol. The minimum Gasteiger partial charge on any atom is -0.493 e. The van der Waals surface area contributed by atoms with Crippen LogP contribution >= 0.6 is 28.1 Å². The van der Waals surface area contributed by atoms with Crippen molar-refractivity contribution in [2.75, 3.05) is 13.7 Å².